The molecule has 2 aromatic heterocycles. The summed E-state index contributed by atoms with van der Waals surface area (Å²) in [7, 11) is 1.70. The molecule has 0 unspecified atom stereocenters. The molecule has 0 aliphatic heterocycles. The second-order valence-corrected chi connectivity index (χ2v) is 5.39. The highest BCUT2D eigenvalue weighted by Gasteiger charge is 2.04. The average Bonchev–Trinajstić information content (AvgIpc) is 3.02. The monoisotopic (exact) mass is 453 g/mol. The Labute approximate surface area is 163 Å². The maximum Gasteiger partial charge on any atom is 0.191 e. The molecule has 132 valence electrons. The Morgan fingerprint density at radius 1 is 1.16 bits per heavy atom. The van der Waals surface area contributed by atoms with E-state index in [1.165, 1.54) is 6.07 Å². The molecular formula is C18H21FIN5. The first-order valence-corrected chi connectivity index (χ1v) is 7.87. The van der Waals surface area contributed by atoms with Crippen molar-refractivity contribution in [1.82, 2.24) is 20.0 Å². The Morgan fingerprint density at radius 2 is 1.96 bits per heavy atom. The highest BCUT2D eigenvalue weighted by Crippen LogP contribution is 2.06. The second kappa shape index (κ2) is 9.36. The number of rotatable bonds is 5. The van der Waals surface area contributed by atoms with Crippen LogP contribution in [0, 0.1) is 5.82 Å². The number of nitrogens with zero attached hydrogens (tertiary/aromatic N) is 3. The zero-order valence-corrected chi connectivity index (χ0v) is 16.3. The van der Waals surface area contributed by atoms with Crippen LogP contribution in [0.4, 0.5) is 4.39 Å². The van der Waals surface area contributed by atoms with Crippen LogP contribution >= 0.6 is 24.0 Å². The molecule has 2 heterocycles. The molecule has 0 saturated heterocycles. The Bertz CT molecular complexity index is 813. The van der Waals surface area contributed by atoms with Gasteiger partial charge in [0, 0.05) is 44.5 Å². The van der Waals surface area contributed by atoms with E-state index in [0.717, 1.165) is 17.8 Å². The van der Waals surface area contributed by atoms with Gasteiger partial charge in [0.15, 0.2) is 5.96 Å². The van der Waals surface area contributed by atoms with Gasteiger partial charge in [-0.2, -0.15) is 0 Å². The fraction of sp³-hybridized carbons (Fsp3) is 0.222. The van der Waals surface area contributed by atoms with E-state index in [1.807, 2.05) is 41.1 Å². The number of aliphatic imine (C=N–C) groups is 1. The highest BCUT2D eigenvalue weighted by molar-refractivity contribution is 14.0. The molecule has 0 bridgehead atoms. The van der Waals surface area contributed by atoms with Crippen LogP contribution in [0.1, 0.15) is 11.3 Å². The maximum absolute atomic E-state index is 13.6. The molecule has 2 N–H and O–H groups in total. The summed E-state index contributed by atoms with van der Waals surface area (Å²) in [6.45, 7) is 1.08. The van der Waals surface area contributed by atoms with Crippen LogP contribution in [0.3, 0.4) is 0 Å². The standard InChI is InChI=1S/C18H20FN5.HI/c1-20-18(22-12-14-6-2-3-7-16(14)19)21-10-9-15-13-24-11-5-4-8-17(24)23-15;/h2-8,11,13H,9-10,12H2,1H3,(H2,20,21,22);1H. The third kappa shape index (κ3) is 5.15. The molecule has 0 atom stereocenters. The number of guanidine groups is 1. The summed E-state index contributed by atoms with van der Waals surface area (Å²) in [4.78, 5) is 8.71. The normalized spacial score (nSPS) is 11.2. The van der Waals surface area contributed by atoms with E-state index in [4.69, 9.17) is 0 Å². The Hall–Kier alpha value is -2.16. The third-order valence-corrected chi connectivity index (χ3v) is 3.72. The zero-order chi connectivity index (χ0) is 16.8. The van der Waals surface area contributed by atoms with Crippen LogP contribution in [0.15, 0.2) is 59.9 Å². The van der Waals surface area contributed by atoms with Crippen LogP contribution in [-0.2, 0) is 13.0 Å². The molecule has 0 spiro atoms. The van der Waals surface area contributed by atoms with Gasteiger partial charge in [-0.1, -0.05) is 24.3 Å². The van der Waals surface area contributed by atoms with E-state index < -0.39 is 0 Å². The molecule has 1 aromatic carbocycles. The van der Waals surface area contributed by atoms with E-state index in [-0.39, 0.29) is 29.8 Å². The summed E-state index contributed by atoms with van der Waals surface area (Å²) in [5, 5.41) is 6.33. The quantitative estimate of drug-likeness (QED) is 0.355. The molecule has 3 aromatic rings. The predicted molar refractivity (Wildman–Crippen MR) is 109 cm³/mol. The van der Waals surface area contributed by atoms with Crippen molar-refractivity contribution in [3.8, 4) is 0 Å². The largest absolute Gasteiger partial charge is 0.356 e. The molecule has 0 aliphatic rings. The lowest BCUT2D eigenvalue weighted by atomic mass is 10.2. The van der Waals surface area contributed by atoms with Crippen molar-refractivity contribution in [2.24, 2.45) is 4.99 Å². The molecule has 5 nitrogen and oxygen atoms in total. The van der Waals surface area contributed by atoms with E-state index in [9.17, 15) is 4.39 Å². The minimum absolute atomic E-state index is 0. The van der Waals surface area contributed by atoms with Gasteiger partial charge in [-0.3, -0.25) is 4.99 Å². The van der Waals surface area contributed by atoms with E-state index in [1.54, 1.807) is 19.2 Å². The number of nitrogens with one attached hydrogen (secondary N) is 2. The van der Waals surface area contributed by atoms with Crippen LogP contribution in [0.5, 0.6) is 0 Å². The van der Waals surface area contributed by atoms with E-state index in [0.29, 0.717) is 24.6 Å². The number of benzene rings is 1. The van der Waals surface area contributed by atoms with Gasteiger partial charge in [0.1, 0.15) is 11.5 Å². The van der Waals surface area contributed by atoms with Gasteiger partial charge in [0.05, 0.1) is 5.69 Å². The van der Waals surface area contributed by atoms with Gasteiger partial charge in [0.25, 0.3) is 0 Å². The Morgan fingerprint density at radius 3 is 2.72 bits per heavy atom. The molecule has 7 heteroatoms. The lowest BCUT2D eigenvalue weighted by molar-refractivity contribution is 0.604. The SMILES string of the molecule is CN=C(NCCc1cn2ccccc2n1)NCc1ccccc1F.I. The van der Waals surface area contributed by atoms with Gasteiger partial charge in [-0.15, -0.1) is 24.0 Å². The molecule has 0 aliphatic carbocycles. The molecule has 0 radical (unpaired) electrons. The maximum atomic E-state index is 13.6. The summed E-state index contributed by atoms with van der Waals surface area (Å²) >= 11 is 0. The van der Waals surface area contributed by atoms with Crippen molar-refractivity contribution in [1.29, 1.82) is 0 Å². The number of aromatic nitrogens is 2. The molecule has 25 heavy (non-hydrogen) atoms. The fourth-order valence-electron chi connectivity index (χ4n) is 2.46. The van der Waals surface area contributed by atoms with Crippen LogP contribution in [-0.4, -0.2) is 28.9 Å². The summed E-state index contributed by atoms with van der Waals surface area (Å²) in [6.07, 6.45) is 4.78. The molecule has 0 saturated carbocycles. The van der Waals surface area contributed by atoms with Crippen LogP contribution in [0.25, 0.3) is 5.65 Å². The first kappa shape index (κ1) is 19.2. The third-order valence-electron chi connectivity index (χ3n) is 3.72. The van der Waals surface area contributed by atoms with Crippen molar-refractivity contribution in [3.63, 3.8) is 0 Å². The lowest BCUT2D eigenvalue weighted by Gasteiger charge is -2.11. The summed E-state index contributed by atoms with van der Waals surface area (Å²) < 4.78 is 15.6. The number of fused-ring (bicyclic) bond motifs is 1. The number of pyridine rings is 1. The predicted octanol–water partition coefficient (Wildman–Crippen LogP) is 3.00. The lowest BCUT2D eigenvalue weighted by Crippen LogP contribution is -2.38. The average molecular weight is 453 g/mol. The summed E-state index contributed by atoms with van der Waals surface area (Å²) in [6, 6.07) is 12.6. The topological polar surface area (TPSA) is 53.7 Å². The first-order valence-electron chi connectivity index (χ1n) is 7.87. The van der Waals surface area contributed by atoms with Crippen molar-refractivity contribution in [2.45, 2.75) is 13.0 Å². The number of hydrogen-bond donors (Lipinski definition) is 2. The number of imidazole rings is 1. The van der Waals surface area contributed by atoms with Gasteiger partial charge in [0.2, 0.25) is 0 Å². The van der Waals surface area contributed by atoms with Gasteiger partial charge in [-0.05, 0) is 18.2 Å². The van der Waals surface area contributed by atoms with Crippen LogP contribution in [0.2, 0.25) is 0 Å². The van der Waals surface area contributed by atoms with Crippen LogP contribution < -0.4 is 10.6 Å². The fourth-order valence-corrected chi connectivity index (χ4v) is 2.46. The minimum Gasteiger partial charge on any atom is -0.356 e. The molecule has 0 amide bonds. The smallest absolute Gasteiger partial charge is 0.191 e. The second-order valence-electron chi connectivity index (χ2n) is 5.39. The van der Waals surface area contributed by atoms with Crippen molar-refractivity contribution in [2.75, 3.05) is 13.6 Å². The van der Waals surface area contributed by atoms with E-state index >= 15 is 0 Å². The van der Waals surface area contributed by atoms with Gasteiger partial charge in [-0.25, -0.2) is 9.37 Å². The summed E-state index contributed by atoms with van der Waals surface area (Å²) in [5.41, 5.74) is 2.56. The molecular weight excluding hydrogens is 432 g/mol. The first-order chi connectivity index (χ1) is 11.8. The van der Waals surface area contributed by atoms with Gasteiger partial charge < -0.3 is 15.0 Å². The van der Waals surface area contributed by atoms with Crippen molar-refractivity contribution < 1.29 is 4.39 Å². The van der Waals surface area contributed by atoms with Gasteiger partial charge >= 0.3 is 0 Å². The van der Waals surface area contributed by atoms with Crippen molar-refractivity contribution in [3.05, 3.63) is 71.9 Å². The highest BCUT2D eigenvalue weighted by atomic mass is 127. The van der Waals surface area contributed by atoms with E-state index in [2.05, 4.69) is 20.6 Å². The summed E-state index contributed by atoms with van der Waals surface area (Å²) in [5.74, 6) is 0.423. The Kier molecular flexibility index (Phi) is 7.17. The number of halogens is 2. The van der Waals surface area contributed by atoms with Crippen molar-refractivity contribution >= 4 is 35.6 Å². The molecule has 3 rings (SSSR count). The number of hydrogen-bond acceptors (Lipinski definition) is 2. The minimum atomic E-state index is -0.217. The Balaban J connectivity index is 0.00000225. The zero-order valence-electron chi connectivity index (χ0n) is 13.9. The molecule has 0 fully saturated rings.